The summed E-state index contributed by atoms with van der Waals surface area (Å²) in [5, 5.41) is 11.6. The van der Waals surface area contributed by atoms with Crippen LogP contribution in [0.1, 0.15) is 60.9 Å². The Balaban J connectivity index is 2.16. The van der Waals surface area contributed by atoms with E-state index in [1.54, 1.807) is 22.6 Å². The van der Waals surface area contributed by atoms with Crippen molar-refractivity contribution < 1.29 is 4.79 Å². The van der Waals surface area contributed by atoms with Gasteiger partial charge in [-0.25, -0.2) is 0 Å². The molecule has 1 amide bonds. The fraction of sp³-hybridized carbons (Fsp3) is 0.533. The van der Waals surface area contributed by atoms with E-state index in [4.69, 9.17) is 0 Å². The molecular weight excluding hydrogens is 266 g/mol. The van der Waals surface area contributed by atoms with Crippen LogP contribution < -0.4 is 5.32 Å². The molecule has 114 valence electrons. The number of hydrogen-bond acceptors (Lipinski definition) is 3. The van der Waals surface area contributed by atoms with Gasteiger partial charge in [0.05, 0.1) is 17.9 Å². The van der Waals surface area contributed by atoms with Gasteiger partial charge in [-0.1, -0.05) is 20.8 Å². The molecule has 0 fully saturated rings. The lowest BCUT2D eigenvalue weighted by molar-refractivity contribution is 0.0926. The normalized spacial score (nSPS) is 12.7. The van der Waals surface area contributed by atoms with Crippen LogP contribution in [0.5, 0.6) is 0 Å². The van der Waals surface area contributed by atoms with Crippen molar-refractivity contribution in [2.75, 3.05) is 0 Å². The summed E-state index contributed by atoms with van der Waals surface area (Å²) in [4.78, 5) is 12.5. The Morgan fingerprint density at radius 1 is 1.38 bits per heavy atom. The Hall–Kier alpha value is -2.11. The molecule has 1 N–H and O–H groups in total. The Morgan fingerprint density at radius 3 is 2.57 bits per heavy atom. The SMILES string of the molecule is CC[C@H](NC(=O)c1cc(C(C)C)nn1C)c1cnn(C)c1. The molecule has 0 unspecified atom stereocenters. The van der Waals surface area contributed by atoms with E-state index in [0.717, 1.165) is 17.7 Å². The van der Waals surface area contributed by atoms with Gasteiger partial charge >= 0.3 is 0 Å². The summed E-state index contributed by atoms with van der Waals surface area (Å²) in [6, 6.07) is 1.82. The monoisotopic (exact) mass is 289 g/mol. The average molecular weight is 289 g/mol. The third-order valence-electron chi connectivity index (χ3n) is 3.56. The van der Waals surface area contributed by atoms with Crippen LogP contribution in [0.2, 0.25) is 0 Å². The highest BCUT2D eigenvalue weighted by Gasteiger charge is 2.19. The van der Waals surface area contributed by atoms with Crippen LogP contribution in [-0.2, 0) is 14.1 Å². The molecule has 21 heavy (non-hydrogen) atoms. The number of carbonyl (C=O) groups is 1. The molecule has 0 radical (unpaired) electrons. The van der Waals surface area contributed by atoms with Gasteiger partial charge < -0.3 is 5.32 Å². The highest BCUT2D eigenvalue weighted by atomic mass is 16.2. The Kier molecular flexibility index (Phi) is 4.45. The lowest BCUT2D eigenvalue weighted by Gasteiger charge is -2.15. The van der Waals surface area contributed by atoms with Gasteiger partial charge in [0.25, 0.3) is 5.91 Å². The second-order valence-electron chi connectivity index (χ2n) is 5.61. The van der Waals surface area contributed by atoms with Gasteiger partial charge in [0.15, 0.2) is 0 Å². The van der Waals surface area contributed by atoms with Gasteiger partial charge in [-0.3, -0.25) is 14.2 Å². The number of rotatable bonds is 5. The van der Waals surface area contributed by atoms with E-state index in [9.17, 15) is 4.79 Å². The van der Waals surface area contributed by atoms with Crippen molar-refractivity contribution in [3.05, 3.63) is 35.4 Å². The van der Waals surface area contributed by atoms with Gasteiger partial charge in [0.1, 0.15) is 5.69 Å². The summed E-state index contributed by atoms with van der Waals surface area (Å²) in [6.07, 6.45) is 4.53. The molecule has 6 heteroatoms. The molecule has 0 aliphatic carbocycles. The molecule has 0 saturated heterocycles. The third kappa shape index (κ3) is 3.32. The van der Waals surface area contributed by atoms with E-state index in [1.165, 1.54) is 0 Å². The molecule has 2 aromatic heterocycles. The van der Waals surface area contributed by atoms with Crippen molar-refractivity contribution in [3.8, 4) is 0 Å². The molecule has 0 aliphatic heterocycles. The fourth-order valence-electron chi connectivity index (χ4n) is 2.26. The van der Waals surface area contributed by atoms with Gasteiger partial charge in [-0.05, 0) is 18.4 Å². The van der Waals surface area contributed by atoms with Crippen LogP contribution in [0.4, 0.5) is 0 Å². The molecule has 0 saturated carbocycles. The molecule has 2 rings (SSSR count). The maximum Gasteiger partial charge on any atom is 0.270 e. The Bertz CT molecular complexity index is 626. The van der Waals surface area contributed by atoms with E-state index < -0.39 is 0 Å². The highest BCUT2D eigenvalue weighted by Crippen LogP contribution is 2.18. The average Bonchev–Trinajstić information content (AvgIpc) is 3.02. The third-order valence-corrected chi connectivity index (χ3v) is 3.56. The smallest absolute Gasteiger partial charge is 0.270 e. The lowest BCUT2D eigenvalue weighted by atomic mass is 10.1. The zero-order valence-electron chi connectivity index (χ0n) is 13.3. The Labute approximate surface area is 125 Å². The molecule has 1 atom stereocenters. The van der Waals surface area contributed by atoms with Crippen LogP contribution in [0.3, 0.4) is 0 Å². The fourth-order valence-corrected chi connectivity index (χ4v) is 2.26. The number of nitrogens with zero attached hydrogens (tertiary/aromatic N) is 4. The summed E-state index contributed by atoms with van der Waals surface area (Å²) < 4.78 is 3.38. The van der Waals surface area contributed by atoms with Crippen LogP contribution >= 0.6 is 0 Å². The number of aromatic nitrogens is 4. The van der Waals surface area contributed by atoms with E-state index in [2.05, 4.69) is 29.4 Å². The Morgan fingerprint density at radius 2 is 2.10 bits per heavy atom. The zero-order valence-corrected chi connectivity index (χ0v) is 13.3. The predicted molar refractivity (Wildman–Crippen MR) is 81.0 cm³/mol. The van der Waals surface area contributed by atoms with E-state index in [0.29, 0.717) is 11.6 Å². The van der Waals surface area contributed by atoms with Gasteiger partial charge in [-0.2, -0.15) is 10.2 Å². The summed E-state index contributed by atoms with van der Waals surface area (Å²) in [5.41, 5.74) is 2.53. The summed E-state index contributed by atoms with van der Waals surface area (Å²) >= 11 is 0. The first-order valence-corrected chi connectivity index (χ1v) is 7.25. The number of hydrogen-bond donors (Lipinski definition) is 1. The summed E-state index contributed by atoms with van der Waals surface area (Å²) in [5.74, 6) is 0.200. The van der Waals surface area contributed by atoms with Crippen LogP contribution in [-0.4, -0.2) is 25.5 Å². The van der Waals surface area contributed by atoms with Crippen molar-refractivity contribution in [2.24, 2.45) is 14.1 Å². The van der Waals surface area contributed by atoms with Gasteiger partial charge in [-0.15, -0.1) is 0 Å². The first-order valence-electron chi connectivity index (χ1n) is 7.25. The molecule has 0 aromatic carbocycles. The second-order valence-corrected chi connectivity index (χ2v) is 5.61. The minimum Gasteiger partial charge on any atom is -0.344 e. The predicted octanol–water partition coefficient (Wildman–Crippen LogP) is 2.16. The number of nitrogens with one attached hydrogen (secondary N) is 1. The van der Waals surface area contributed by atoms with Gasteiger partial charge in [0, 0.05) is 25.9 Å². The van der Waals surface area contributed by atoms with Crippen molar-refractivity contribution in [1.29, 1.82) is 0 Å². The van der Waals surface area contributed by atoms with E-state index in [1.807, 2.05) is 26.2 Å². The first kappa shape index (κ1) is 15.3. The van der Waals surface area contributed by atoms with Gasteiger partial charge in [0.2, 0.25) is 0 Å². The van der Waals surface area contributed by atoms with Crippen LogP contribution in [0.25, 0.3) is 0 Å². The minimum atomic E-state index is -0.104. The minimum absolute atomic E-state index is 0.0383. The molecular formula is C15H23N5O. The second kappa shape index (κ2) is 6.11. The first-order chi connectivity index (χ1) is 9.92. The standard InChI is InChI=1S/C15H23N5O/c1-6-12(11-8-16-19(4)9-11)17-15(21)14-7-13(10(2)3)18-20(14)5/h7-10,12H,6H2,1-5H3,(H,17,21)/t12-/m0/s1. The van der Waals surface area contributed by atoms with Crippen molar-refractivity contribution in [2.45, 2.75) is 39.2 Å². The van der Waals surface area contributed by atoms with Crippen molar-refractivity contribution >= 4 is 5.91 Å². The number of aryl methyl sites for hydroxylation is 2. The number of amides is 1. The molecule has 2 heterocycles. The molecule has 2 aromatic rings. The van der Waals surface area contributed by atoms with Crippen molar-refractivity contribution in [1.82, 2.24) is 24.9 Å². The lowest BCUT2D eigenvalue weighted by Crippen LogP contribution is -2.29. The molecule has 0 spiro atoms. The zero-order chi connectivity index (χ0) is 15.6. The summed E-state index contributed by atoms with van der Waals surface area (Å²) in [7, 11) is 3.67. The number of carbonyl (C=O) groups excluding carboxylic acids is 1. The maximum atomic E-state index is 12.5. The molecule has 0 bridgehead atoms. The molecule has 0 aliphatic rings. The highest BCUT2D eigenvalue weighted by molar-refractivity contribution is 5.93. The molecule has 6 nitrogen and oxygen atoms in total. The van der Waals surface area contributed by atoms with Crippen LogP contribution in [0.15, 0.2) is 18.5 Å². The van der Waals surface area contributed by atoms with Crippen LogP contribution in [0, 0.1) is 0 Å². The quantitative estimate of drug-likeness (QED) is 0.917. The largest absolute Gasteiger partial charge is 0.344 e. The van der Waals surface area contributed by atoms with E-state index in [-0.39, 0.29) is 11.9 Å². The maximum absolute atomic E-state index is 12.5. The van der Waals surface area contributed by atoms with E-state index >= 15 is 0 Å². The van der Waals surface area contributed by atoms with Crippen molar-refractivity contribution in [3.63, 3.8) is 0 Å². The summed E-state index contributed by atoms with van der Waals surface area (Å²) in [6.45, 7) is 6.17. The topological polar surface area (TPSA) is 64.7 Å².